The number of benzene rings is 3. The fourth-order valence-corrected chi connectivity index (χ4v) is 4.84. The molecular weight excluding hydrogens is 494 g/mol. The van der Waals surface area contributed by atoms with Gasteiger partial charge in [-0.2, -0.15) is 0 Å². The zero-order chi connectivity index (χ0) is 26.7. The van der Waals surface area contributed by atoms with Gasteiger partial charge < -0.3 is 24.2 Å². The predicted molar refractivity (Wildman–Crippen MR) is 141 cm³/mol. The van der Waals surface area contributed by atoms with Crippen molar-refractivity contribution in [1.29, 1.82) is 0 Å². The molecule has 1 N–H and O–H groups in total. The number of hydrogen-bond acceptors (Lipinski definition) is 6. The molecule has 0 radical (unpaired) electrons. The van der Waals surface area contributed by atoms with E-state index in [2.05, 4.69) is 0 Å². The van der Waals surface area contributed by atoms with Crippen LogP contribution in [0.4, 0.5) is 0 Å². The second kappa shape index (κ2) is 11.0. The molecule has 4 rings (SSSR count). The van der Waals surface area contributed by atoms with Crippen molar-refractivity contribution in [3.8, 4) is 17.2 Å². The van der Waals surface area contributed by atoms with Gasteiger partial charge in [0.05, 0.1) is 43.0 Å². The molecule has 1 aliphatic heterocycles. The summed E-state index contributed by atoms with van der Waals surface area (Å²) >= 11 is 6.36. The second-order valence-electron chi connectivity index (χ2n) is 8.60. The Bertz CT molecular complexity index is 1350. The fraction of sp³-hybridized carbons (Fsp3) is 0.241. The summed E-state index contributed by atoms with van der Waals surface area (Å²) in [6.07, 6.45) is 0. The maximum absolute atomic E-state index is 13.4. The molecule has 7 nitrogen and oxygen atoms in total. The first kappa shape index (κ1) is 26.1. The minimum atomic E-state index is -0.846. The number of aryl methyl sites for hydroxylation is 1. The standard InChI is InChI=1S/C29H28ClNO6/c1-5-37-21-10-6-18(7-11-21)16-31-25(19-8-12-20(35-3)13-9-19)24(27(33)29(31)34)26(32)22-14-17(2)15-23(30)28(22)36-4/h6-15,25,32H,5,16H2,1-4H3/b26-24+. The van der Waals surface area contributed by atoms with Gasteiger partial charge in [-0.1, -0.05) is 35.9 Å². The molecule has 0 saturated carbocycles. The molecule has 0 aliphatic carbocycles. The maximum Gasteiger partial charge on any atom is 0.295 e. The molecule has 1 saturated heterocycles. The minimum Gasteiger partial charge on any atom is -0.507 e. The number of rotatable bonds is 8. The van der Waals surface area contributed by atoms with Gasteiger partial charge in [-0.15, -0.1) is 0 Å². The number of amides is 1. The molecular formula is C29H28ClNO6. The Morgan fingerprint density at radius 1 is 0.973 bits per heavy atom. The van der Waals surface area contributed by atoms with Crippen LogP contribution in [0, 0.1) is 6.92 Å². The van der Waals surface area contributed by atoms with E-state index >= 15 is 0 Å². The Balaban J connectivity index is 1.86. The highest BCUT2D eigenvalue weighted by Gasteiger charge is 2.46. The van der Waals surface area contributed by atoms with Gasteiger partial charge in [0.2, 0.25) is 0 Å². The van der Waals surface area contributed by atoms with Crippen molar-refractivity contribution < 1.29 is 28.9 Å². The number of carbonyl (C=O) groups is 2. The second-order valence-corrected chi connectivity index (χ2v) is 9.01. The van der Waals surface area contributed by atoms with Gasteiger partial charge in [0, 0.05) is 6.54 Å². The third-order valence-corrected chi connectivity index (χ3v) is 6.49. The van der Waals surface area contributed by atoms with Crippen LogP contribution in [-0.2, 0) is 16.1 Å². The fourth-order valence-electron chi connectivity index (χ4n) is 4.49. The summed E-state index contributed by atoms with van der Waals surface area (Å²) in [5.74, 6) is -0.299. The van der Waals surface area contributed by atoms with Gasteiger partial charge in [0.25, 0.3) is 11.7 Å². The minimum absolute atomic E-state index is 0.0407. The molecule has 3 aromatic carbocycles. The number of hydrogen-bond donors (Lipinski definition) is 1. The smallest absolute Gasteiger partial charge is 0.295 e. The Morgan fingerprint density at radius 2 is 1.62 bits per heavy atom. The maximum atomic E-state index is 13.4. The lowest BCUT2D eigenvalue weighted by molar-refractivity contribution is -0.140. The number of carbonyl (C=O) groups excluding carboxylic acids is 2. The number of likely N-dealkylation sites (tertiary alicyclic amines) is 1. The summed E-state index contributed by atoms with van der Waals surface area (Å²) in [7, 11) is 2.99. The average Bonchev–Trinajstić information content (AvgIpc) is 3.14. The van der Waals surface area contributed by atoms with E-state index in [4.69, 9.17) is 25.8 Å². The number of halogens is 1. The molecule has 1 aliphatic rings. The largest absolute Gasteiger partial charge is 0.507 e. The number of Topliss-reactive ketones (excluding diaryl/α,β-unsaturated/α-hetero) is 1. The number of ether oxygens (including phenoxy) is 3. The van der Waals surface area contributed by atoms with Gasteiger partial charge in [0.1, 0.15) is 23.0 Å². The van der Waals surface area contributed by atoms with Crippen LogP contribution in [0.1, 0.15) is 35.2 Å². The molecule has 0 spiro atoms. The molecule has 0 aromatic heterocycles. The summed E-state index contributed by atoms with van der Waals surface area (Å²) in [6, 6.07) is 16.9. The van der Waals surface area contributed by atoms with E-state index < -0.39 is 17.7 Å². The molecule has 0 bridgehead atoms. The van der Waals surface area contributed by atoms with Crippen molar-refractivity contribution in [1.82, 2.24) is 4.90 Å². The monoisotopic (exact) mass is 521 g/mol. The number of ketones is 1. The molecule has 1 heterocycles. The quantitative estimate of drug-likeness (QED) is 0.233. The summed E-state index contributed by atoms with van der Waals surface area (Å²) in [6.45, 7) is 4.40. The highest BCUT2D eigenvalue weighted by atomic mass is 35.5. The van der Waals surface area contributed by atoms with Gasteiger partial charge in [-0.25, -0.2) is 0 Å². The van der Waals surface area contributed by atoms with Crippen molar-refractivity contribution in [2.75, 3.05) is 20.8 Å². The molecule has 1 atom stereocenters. The Labute approximate surface area is 220 Å². The Morgan fingerprint density at radius 3 is 2.22 bits per heavy atom. The highest BCUT2D eigenvalue weighted by Crippen LogP contribution is 2.43. The van der Waals surface area contributed by atoms with E-state index in [1.165, 1.54) is 12.0 Å². The van der Waals surface area contributed by atoms with E-state index in [0.29, 0.717) is 23.7 Å². The van der Waals surface area contributed by atoms with E-state index in [0.717, 1.165) is 11.1 Å². The van der Waals surface area contributed by atoms with Crippen molar-refractivity contribution >= 4 is 29.1 Å². The van der Waals surface area contributed by atoms with Crippen LogP contribution >= 0.6 is 11.6 Å². The zero-order valence-electron chi connectivity index (χ0n) is 21.1. The van der Waals surface area contributed by atoms with Crippen molar-refractivity contribution in [3.05, 3.63) is 93.5 Å². The highest BCUT2D eigenvalue weighted by molar-refractivity contribution is 6.46. The zero-order valence-corrected chi connectivity index (χ0v) is 21.8. The van der Waals surface area contributed by atoms with Crippen LogP contribution in [0.15, 0.2) is 66.2 Å². The summed E-state index contributed by atoms with van der Waals surface area (Å²) in [5.41, 5.74) is 2.41. The van der Waals surface area contributed by atoms with Crippen LogP contribution in [0.5, 0.6) is 17.2 Å². The molecule has 37 heavy (non-hydrogen) atoms. The van der Waals surface area contributed by atoms with E-state index in [1.807, 2.05) is 38.1 Å². The normalized spacial score (nSPS) is 16.7. The van der Waals surface area contributed by atoms with Gasteiger partial charge in [0.15, 0.2) is 0 Å². The lowest BCUT2D eigenvalue weighted by atomic mass is 9.94. The molecule has 192 valence electrons. The lowest BCUT2D eigenvalue weighted by Gasteiger charge is -2.26. The topological polar surface area (TPSA) is 85.3 Å². The molecule has 3 aromatic rings. The first-order valence-electron chi connectivity index (χ1n) is 11.8. The number of methoxy groups -OCH3 is 2. The Kier molecular flexibility index (Phi) is 7.74. The SMILES string of the molecule is CCOc1ccc(CN2C(=O)C(=O)/C(=C(/O)c3cc(C)cc(Cl)c3OC)C2c2ccc(OC)cc2)cc1. The number of nitrogens with zero attached hydrogens (tertiary/aromatic N) is 1. The summed E-state index contributed by atoms with van der Waals surface area (Å²) < 4.78 is 16.2. The van der Waals surface area contributed by atoms with Crippen molar-refractivity contribution in [2.45, 2.75) is 26.4 Å². The third-order valence-electron chi connectivity index (χ3n) is 6.21. The number of aliphatic hydroxyl groups excluding tert-OH is 1. The van der Waals surface area contributed by atoms with Crippen LogP contribution < -0.4 is 14.2 Å². The van der Waals surface area contributed by atoms with Gasteiger partial charge >= 0.3 is 0 Å². The molecule has 8 heteroatoms. The lowest BCUT2D eigenvalue weighted by Crippen LogP contribution is -2.29. The molecule has 1 fully saturated rings. The molecule has 1 amide bonds. The molecule has 1 unspecified atom stereocenters. The van der Waals surface area contributed by atoms with E-state index in [9.17, 15) is 14.7 Å². The number of aliphatic hydroxyl groups is 1. The van der Waals surface area contributed by atoms with Crippen LogP contribution in [0.2, 0.25) is 5.02 Å². The van der Waals surface area contributed by atoms with Gasteiger partial charge in [-0.05, 0) is 66.9 Å². The first-order valence-corrected chi connectivity index (χ1v) is 12.1. The predicted octanol–water partition coefficient (Wildman–Crippen LogP) is 5.69. The van der Waals surface area contributed by atoms with Crippen molar-refractivity contribution in [2.24, 2.45) is 0 Å². The third kappa shape index (κ3) is 5.13. The average molecular weight is 522 g/mol. The van der Waals surface area contributed by atoms with E-state index in [-0.39, 0.29) is 34.2 Å². The van der Waals surface area contributed by atoms with E-state index in [1.54, 1.807) is 43.5 Å². The summed E-state index contributed by atoms with van der Waals surface area (Å²) in [4.78, 5) is 28.2. The summed E-state index contributed by atoms with van der Waals surface area (Å²) in [5, 5.41) is 11.8. The van der Waals surface area contributed by atoms with Crippen LogP contribution in [0.3, 0.4) is 0 Å². The first-order chi connectivity index (χ1) is 17.8. The Hall–Kier alpha value is -3.97. The van der Waals surface area contributed by atoms with Crippen LogP contribution in [-0.4, -0.2) is 42.5 Å². The van der Waals surface area contributed by atoms with Crippen molar-refractivity contribution in [3.63, 3.8) is 0 Å². The van der Waals surface area contributed by atoms with Crippen LogP contribution in [0.25, 0.3) is 5.76 Å². The van der Waals surface area contributed by atoms with Gasteiger partial charge in [-0.3, -0.25) is 9.59 Å².